The van der Waals surface area contributed by atoms with Gasteiger partial charge in [-0.1, -0.05) is 13.8 Å². The highest BCUT2D eigenvalue weighted by Crippen LogP contribution is 2.30. The van der Waals surface area contributed by atoms with Gasteiger partial charge in [0, 0.05) is 23.8 Å². The highest BCUT2D eigenvalue weighted by atomic mass is 16.2. The average molecular weight is 303 g/mol. The Balaban J connectivity index is 1.82. The van der Waals surface area contributed by atoms with Crippen LogP contribution in [-0.4, -0.2) is 24.4 Å². The maximum atomic E-state index is 11.9. The lowest BCUT2D eigenvalue weighted by atomic mass is 10.2. The molecule has 0 aliphatic heterocycles. The minimum Gasteiger partial charge on any atom is -0.374 e. The average Bonchev–Trinajstić information content (AvgIpc) is 3.31. The van der Waals surface area contributed by atoms with Gasteiger partial charge < -0.3 is 16.0 Å². The van der Waals surface area contributed by atoms with Crippen molar-refractivity contribution >= 4 is 23.2 Å². The zero-order valence-electron chi connectivity index (χ0n) is 13.5. The molecule has 5 nitrogen and oxygen atoms in total. The summed E-state index contributed by atoms with van der Waals surface area (Å²) in [4.78, 5) is 23.6. The zero-order valence-corrected chi connectivity index (χ0v) is 13.5. The maximum absolute atomic E-state index is 11.9. The third-order valence-electron chi connectivity index (χ3n) is 3.56. The molecule has 1 aliphatic carbocycles. The summed E-state index contributed by atoms with van der Waals surface area (Å²) in [6.45, 7) is 6.63. The molecule has 2 rings (SSSR count). The number of anilines is 2. The monoisotopic (exact) mass is 303 g/mol. The lowest BCUT2D eigenvalue weighted by molar-refractivity contribution is -0.121. The Kier molecular flexibility index (Phi) is 5.41. The fourth-order valence-corrected chi connectivity index (χ4v) is 2.01. The van der Waals surface area contributed by atoms with Crippen molar-refractivity contribution in [2.75, 3.05) is 17.2 Å². The summed E-state index contributed by atoms with van der Waals surface area (Å²) in [7, 11) is 0. The molecule has 1 aromatic rings. The molecular weight excluding hydrogens is 278 g/mol. The van der Waals surface area contributed by atoms with Crippen molar-refractivity contribution in [3.63, 3.8) is 0 Å². The van der Waals surface area contributed by atoms with E-state index in [2.05, 4.69) is 29.8 Å². The third kappa shape index (κ3) is 5.06. The van der Waals surface area contributed by atoms with E-state index < -0.39 is 0 Å². The van der Waals surface area contributed by atoms with Crippen LogP contribution in [0, 0.1) is 11.8 Å². The summed E-state index contributed by atoms with van der Waals surface area (Å²) in [5.41, 5.74) is 1.65. The molecule has 1 atom stereocenters. The van der Waals surface area contributed by atoms with Crippen LogP contribution >= 0.6 is 0 Å². The van der Waals surface area contributed by atoms with Crippen LogP contribution in [-0.2, 0) is 9.59 Å². The second-order valence-electron chi connectivity index (χ2n) is 6.35. The van der Waals surface area contributed by atoms with Crippen LogP contribution < -0.4 is 16.0 Å². The molecule has 2 amide bonds. The van der Waals surface area contributed by atoms with Crippen molar-refractivity contribution < 1.29 is 9.59 Å². The van der Waals surface area contributed by atoms with Gasteiger partial charge in [-0.2, -0.15) is 0 Å². The number of amides is 2. The van der Waals surface area contributed by atoms with Gasteiger partial charge in [-0.3, -0.25) is 9.59 Å². The number of hydrogen-bond acceptors (Lipinski definition) is 3. The first-order valence-electron chi connectivity index (χ1n) is 7.91. The molecule has 3 N–H and O–H groups in total. The lowest BCUT2D eigenvalue weighted by Gasteiger charge is -2.16. The van der Waals surface area contributed by atoms with E-state index in [9.17, 15) is 9.59 Å². The Hall–Kier alpha value is -2.04. The van der Waals surface area contributed by atoms with Crippen molar-refractivity contribution in [1.29, 1.82) is 0 Å². The molecule has 5 heteroatoms. The van der Waals surface area contributed by atoms with Gasteiger partial charge in [0.05, 0.1) is 0 Å². The number of carbonyl (C=O) groups excluding carboxylic acids is 2. The first-order valence-corrected chi connectivity index (χ1v) is 7.91. The van der Waals surface area contributed by atoms with Crippen LogP contribution in [0.5, 0.6) is 0 Å². The maximum Gasteiger partial charge on any atom is 0.242 e. The number of hydrogen-bond donors (Lipinski definition) is 3. The predicted octanol–water partition coefficient (Wildman–Crippen LogP) is 2.61. The van der Waals surface area contributed by atoms with Gasteiger partial charge in [-0.05, 0) is 49.9 Å². The van der Waals surface area contributed by atoms with E-state index in [1.807, 2.05) is 31.2 Å². The highest BCUT2D eigenvalue weighted by molar-refractivity contribution is 5.94. The highest BCUT2D eigenvalue weighted by Gasteiger charge is 2.29. The number of rotatable bonds is 7. The Labute approximate surface area is 131 Å². The second kappa shape index (κ2) is 7.29. The third-order valence-corrected chi connectivity index (χ3v) is 3.56. The van der Waals surface area contributed by atoms with Gasteiger partial charge >= 0.3 is 0 Å². The molecule has 0 saturated heterocycles. The Morgan fingerprint density at radius 2 is 1.68 bits per heavy atom. The van der Waals surface area contributed by atoms with Crippen molar-refractivity contribution in [2.45, 2.75) is 39.7 Å². The first-order chi connectivity index (χ1) is 10.5. The molecule has 120 valence electrons. The van der Waals surface area contributed by atoms with E-state index in [0.29, 0.717) is 12.5 Å². The molecule has 1 fully saturated rings. The van der Waals surface area contributed by atoms with Crippen LogP contribution in [0.25, 0.3) is 0 Å². The molecule has 22 heavy (non-hydrogen) atoms. The molecular formula is C17H25N3O2. The van der Waals surface area contributed by atoms with E-state index in [-0.39, 0.29) is 23.8 Å². The molecule has 0 aromatic heterocycles. The van der Waals surface area contributed by atoms with Crippen LogP contribution in [0.3, 0.4) is 0 Å². The molecule has 1 aromatic carbocycles. The van der Waals surface area contributed by atoms with E-state index >= 15 is 0 Å². The standard InChI is InChI=1S/C17H25N3O2/c1-11(2)10-18-16(21)12(3)19-14-6-8-15(9-7-14)20-17(22)13-4-5-13/h6-9,11-13,19H,4-5,10H2,1-3H3,(H,18,21)(H,20,22)/t12-/m1/s1. The van der Waals surface area contributed by atoms with Crippen molar-refractivity contribution in [3.05, 3.63) is 24.3 Å². The van der Waals surface area contributed by atoms with Gasteiger partial charge in [-0.15, -0.1) is 0 Å². The second-order valence-corrected chi connectivity index (χ2v) is 6.35. The summed E-state index contributed by atoms with van der Waals surface area (Å²) in [5.74, 6) is 0.718. The summed E-state index contributed by atoms with van der Waals surface area (Å²) >= 11 is 0. The van der Waals surface area contributed by atoms with Gasteiger partial charge in [0.1, 0.15) is 6.04 Å². The zero-order chi connectivity index (χ0) is 16.1. The summed E-state index contributed by atoms with van der Waals surface area (Å²) in [6, 6.07) is 7.14. The van der Waals surface area contributed by atoms with Gasteiger partial charge in [-0.25, -0.2) is 0 Å². The number of benzene rings is 1. The molecule has 0 spiro atoms. The van der Waals surface area contributed by atoms with Crippen LogP contribution in [0.1, 0.15) is 33.6 Å². The predicted molar refractivity (Wildman–Crippen MR) is 88.7 cm³/mol. The van der Waals surface area contributed by atoms with Crippen LogP contribution in [0.4, 0.5) is 11.4 Å². The van der Waals surface area contributed by atoms with E-state index in [0.717, 1.165) is 24.2 Å². The molecule has 0 radical (unpaired) electrons. The largest absolute Gasteiger partial charge is 0.374 e. The van der Waals surface area contributed by atoms with E-state index in [1.54, 1.807) is 0 Å². The normalized spacial score (nSPS) is 15.3. The quantitative estimate of drug-likeness (QED) is 0.725. The molecule has 1 aliphatic rings. The van der Waals surface area contributed by atoms with E-state index in [1.165, 1.54) is 0 Å². The smallest absolute Gasteiger partial charge is 0.242 e. The molecule has 0 unspecified atom stereocenters. The number of nitrogens with one attached hydrogen (secondary N) is 3. The Bertz CT molecular complexity index is 521. The van der Waals surface area contributed by atoms with Crippen LogP contribution in [0.2, 0.25) is 0 Å². The minimum absolute atomic E-state index is 0.0141. The lowest BCUT2D eigenvalue weighted by Crippen LogP contribution is -2.39. The Morgan fingerprint density at radius 3 is 2.23 bits per heavy atom. The fraction of sp³-hybridized carbons (Fsp3) is 0.529. The van der Waals surface area contributed by atoms with E-state index in [4.69, 9.17) is 0 Å². The van der Waals surface area contributed by atoms with Crippen molar-refractivity contribution in [1.82, 2.24) is 5.32 Å². The summed E-state index contributed by atoms with van der Waals surface area (Å²) < 4.78 is 0. The van der Waals surface area contributed by atoms with Gasteiger partial charge in [0.2, 0.25) is 11.8 Å². The molecule has 1 saturated carbocycles. The minimum atomic E-state index is -0.300. The summed E-state index contributed by atoms with van der Waals surface area (Å²) in [5, 5.41) is 8.95. The first kappa shape index (κ1) is 16.3. The van der Waals surface area contributed by atoms with Gasteiger partial charge in [0.25, 0.3) is 0 Å². The van der Waals surface area contributed by atoms with Crippen LogP contribution in [0.15, 0.2) is 24.3 Å². The van der Waals surface area contributed by atoms with Crippen molar-refractivity contribution in [3.8, 4) is 0 Å². The SMILES string of the molecule is CC(C)CNC(=O)[C@@H](C)Nc1ccc(NC(=O)C2CC2)cc1. The number of carbonyl (C=O) groups is 2. The summed E-state index contributed by atoms with van der Waals surface area (Å²) in [6.07, 6.45) is 1.99. The molecule has 0 heterocycles. The molecule has 0 bridgehead atoms. The Morgan fingerprint density at radius 1 is 1.09 bits per heavy atom. The topological polar surface area (TPSA) is 70.2 Å². The van der Waals surface area contributed by atoms with Crippen molar-refractivity contribution in [2.24, 2.45) is 11.8 Å². The fourth-order valence-electron chi connectivity index (χ4n) is 2.01. The van der Waals surface area contributed by atoms with Gasteiger partial charge in [0.15, 0.2) is 0 Å².